The number of carbonyl (C=O) groups is 1. The highest BCUT2D eigenvalue weighted by Gasteiger charge is 2.19. The van der Waals surface area contributed by atoms with Crippen LogP contribution in [0.3, 0.4) is 0 Å². The molecule has 1 aromatic carbocycles. The van der Waals surface area contributed by atoms with E-state index in [9.17, 15) is 4.79 Å². The van der Waals surface area contributed by atoms with Crippen molar-refractivity contribution >= 4 is 17.3 Å². The number of carbonyl (C=O) groups excluding carboxylic acids is 1. The molecule has 1 amide bonds. The number of hydrogen-bond acceptors (Lipinski definition) is 4. The maximum absolute atomic E-state index is 11.4. The molecule has 0 saturated carbocycles. The van der Waals surface area contributed by atoms with Crippen LogP contribution in [0.5, 0.6) is 5.75 Å². The van der Waals surface area contributed by atoms with Gasteiger partial charge in [0.1, 0.15) is 11.6 Å². The van der Waals surface area contributed by atoms with Gasteiger partial charge in [-0.05, 0) is 12.5 Å². The molecule has 1 aliphatic heterocycles. The zero-order valence-electron chi connectivity index (χ0n) is 11.2. The Morgan fingerprint density at radius 1 is 1.50 bits per heavy atom. The Kier molecular flexibility index (Phi) is 3.06. The molecule has 2 heterocycles. The van der Waals surface area contributed by atoms with Crippen molar-refractivity contribution < 1.29 is 9.53 Å². The van der Waals surface area contributed by atoms with Crippen LogP contribution in [0, 0.1) is 0 Å². The summed E-state index contributed by atoms with van der Waals surface area (Å²) < 4.78 is 7.29. The molecule has 104 valence electrons. The number of hydrogen-bond donors (Lipinski definition) is 2. The highest BCUT2D eigenvalue weighted by atomic mass is 16.5. The Labute approximate surface area is 116 Å². The quantitative estimate of drug-likeness (QED) is 0.834. The van der Waals surface area contributed by atoms with E-state index in [1.807, 2.05) is 16.8 Å². The van der Waals surface area contributed by atoms with E-state index in [-0.39, 0.29) is 12.5 Å². The highest BCUT2D eigenvalue weighted by Crippen LogP contribution is 2.34. The van der Waals surface area contributed by atoms with Crippen LogP contribution in [-0.4, -0.2) is 22.1 Å². The fourth-order valence-electron chi connectivity index (χ4n) is 2.30. The van der Waals surface area contributed by atoms with Gasteiger partial charge in [-0.2, -0.15) is 0 Å². The standard InChI is InChI=1S/C14H16N4O2/c1-2-3-13-16-4-5-18(13)11-7-10-12(6-9(11)15)20-8-14(19)17-10/h4-7H,2-3,8,15H2,1H3,(H,17,19). The number of nitrogens with two attached hydrogens (primary N) is 1. The zero-order chi connectivity index (χ0) is 14.1. The first-order chi connectivity index (χ1) is 9.69. The fraction of sp³-hybridized carbons (Fsp3) is 0.286. The lowest BCUT2D eigenvalue weighted by Gasteiger charge is -2.20. The van der Waals surface area contributed by atoms with E-state index >= 15 is 0 Å². The molecule has 0 bridgehead atoms. The molecule has 3 N–H and O–H groups in total. The second-order valence-corrected chi connectivity index (χ2v) is 4.71. The Morgan fingerprint density at radius 3 is 3.15 bits per heavy atom. The summed E-state index contributed by atoms with van der Waals surface area (Å²) in [5.74, 6) is 1.39. The van der Waals surface area contributed by atoms with Crippen molar-refractivity contribution in [2.24, 2.45) is 0 Å². The molecule has 0 spiro atoms. The lowest BCUT2D eigenvalue weighted by atomic mass is 10.2. The molecule has 6 heteroatoms. The van der Waals surface area contributed by atoms with E-state index in [1.54, 1.807) is 12.3 Å². The van der Waals surface area contributed by atoms with Crippen LogP contribution in [0.2, 0.25) is 0 Å². The van der Waals surface area contributed by atoms with Crippen LogP contribution in [0.15, 0.2) is 24.5 Å². The predicted octanol–water partition coefficient (Wildman–Crippen LogP) is 1.74. The molecule has 0 atom stereocenters. The van der Waals surface area contributed by atoms with Gasteiger partial charge in [0.2, 0.25) is 0 Å². The molecule has 2 aromatic rings. The summed E-state index contributed by atoms with van der Waals surface area (Å²) in [5, 5.41) is 2.79. The number of benzene rings is 1. The molecule has 0 aliphatic carbocycles. The molecule has 0 unspecified atom stereocenters. The van der Waals surface area contributed by atoms with E-state index in [4.69, 9.17) is 10.5 Å². The van der Waals surface area contributed by atoms with Gasteiger partial charge in [0.25, 0.3) is 5.91 Å². The van der Waals surface area contributed by atoms with Gasteiger partial charge in [-0.3, -0.25) is 4.79 Å². The summed E-state index contributed by atoms with van der Waals surface area (Å²) in [6.07, 6.45) is 5.49. The third-order valence-corrected chi connectivity index (χ3v) is 3.21. The predicted molar refractivity (Wildman–Crippen MR) is 76.1 cm³/mol. The van der Waals surface area contributed by atoms with Crippen LogP contribution in [0.4, 0.5) is 11.4 Å². The molecule has 6 nitrogen and oxygen atoms in total. The average molecular weight is 272 g/mol. The molecule has 1 aromatic heterocycles. The van der Waals surface area contributed by atoms with Gasteiger partial charge in [-0.1, -0.05) is 6.92 Å². The normalized spacial score (nSPS) is 13.6. The molecular formula is C14H16N4O2. The molecule has 0 radical (unpaired) electrons. The van der Waals surface area contributed by atoms with Gasteiger partial charge in [0.05, 0.1) is 17.1 Å². The number of nitrogens with zero attached hydrogens (tertiary/aromatic N) is 2. The van der Waals surface area contributed by atoms with Gasteiger partial charge in [-0.15, -0.1) is 0 Å². The summed E-state index contributed by atoms with van der Waals surface area (Å²) in [5.41, 5.74) is 8.13. The van der Waals surface area contributed by atoms with E-state index in [1.165, 1.54) is 0 Å². The Bertz CT molecular complexity index is 663. The van der Waals surface area contributed by atoms with Crippen molar-refractivity contribution in [3.8, 4) is 11.4 Å². The molecular weight excluding hydrogens is 256 g/mol. The minimum atomic E-state index is -0.160. The number of rotatable bonds is 3. The van der Waals surface area contributed by atoms with Gasteiger partial charge in [0.15, 0.2) is 6.61 Å². The Morgan fingerprint density at radius 2 is 2.35 bits per heavy atom. The van der Waals surface area contributed by atoms with Crippen molar-refractivity contribution in [3.05, 3.63) is 30.4 Å². The fourth-order valence-corrected chi connectivity index (χ4v) is 2.30. The third kappa shape index (κ3) is 2.09. The number of anilines is 2. The van der Waals surface area contributed by atoms with Crippen molar-refractivity contribution in [1.82, 2.24) is 9.55 Å². The van der Waals surface area contributed by atoms with Gasteiger partial charge >= 0.3 is 0 Å². The van der Waals surface area contributed by atoms with Gasteiger partial charge in [0, 0.05) is 24.9 Å². The van der Waals surface area contributed by atoms with E-state index in [0.717, 1.165) is 24.4 Å². The number of amides is 1. The number of imidazole rings is 1. The Hall–Kier alpha value is -2.50. The van der Waals surface area contributed by atoms with Gasteiger partial charge < -0.3 is 20.4 Å². The summed E-state index contributed by atoms with van der Waals surface area (Å²) >= 11 is 0. The van der Waals surface area contributed by atoms with Crippen molar-refractivity contribution in [2.75, 3.05) is 17.7 Å². The number of aromatic nitrogens is 2. The van der Waals surface area contributed by atoms with Crippen LogP contribution < -0.4 is 15.8 Å². The molecule has 1 aliphatic rings. The lowest BCUT2D eigenvalue weighted by Crippen LogP contribution is -2.25. The molecule has 0 saturated heterocycles. The van der Waals surface area contributed by atoms with Crippen LogP contribution >= 0.6 is 0 Å². The first-order valence-electron chi connectivity index (χ1n) is 6.58. The maximum atomic E-state index is 11.4. The highest BCUT2D eigenvalue weighted by molar-refractivity contribution is 5.96. The van der Waals surface area contributed by atoms with Crippen LogP contribution in [-0.2, 0) is 11.2 Å². The number of nitrogen functional groups attached to an aromatic ring is 1. The summed E-state index contributed by atoms with van der Waals surface area (Å²) in [7, 11) is 0. The Balaban J connectivity index is 2.07. The summed E-state index contributed by atoms with van der Waals surface area (Å²) in [4.78, 5) is 15.7. The number of ether oxygens (including phenoxy) is 1. The second-order valence-electron chi connectivity index (χ2n) is 4.71. The van der Waals surface area contributed by atoms with E-state index in [2.05, 4.69) is 17.2 Å². The second kappa shape index (κ2) is 4.88. The molecule has 0 fully saturated rings. The first kappa shape index (κ1) is 12.5. The van der Waals surface area contributed by atoms with Crippen molar-refractivity contribution in [3.63, 3.8) is 0 Å². The minimum Gasteiger partial charge on any atom is -0.482 e. The third-order valence-electron chi connectivity index (χ3n) is 3.21. The molecule has 20 heavy (non-hydrogen) atoms. The topological polar surface area (TPSA) is 82.2 Å². The van der Waals surface area contributed by atoms with Crippen molar-refractivity contribution in [1.29, 1.82) is 0 Å². The van der Waals surface area contributed by atoms with Gasteiger partial charge in [-0.25, -0.2) is 4.98 Å². The van der Waals surface area contributed by atoms with Crippen LogP contribution in [0.25, 0.3) is 5.69 Å². The van der Waals surface area contributed by atoms with E-state index in [0.29, 0.717) is 17.1 Å². The lowest BCUT2D eigenvalue weighted by molar-refractivity contribution is -0.118. The largest absolute Gasteiger partial charge is 0.482 e. The van der Waals surface area contributed by atoms with E-state index < -0.39 is 0 Å². The number of aryl methyl sites for hydroxylation is 1. The zero-order valence-corrected chi connectivity index (χ0v) is 11.2. The summed E-state index contributed by atoms with van der Waals surface area (Å²) in [6, 6.07) is 3.56. The maximum Gasteiger partial charge on any atom is 0.262 e. The first-order valence-corrected chi connectivity index (χ1v) is 6.58. The number of nitrogens with one attached hydrogen (secondary N) is 1. The number of fused-ring (bicyclic) bond motifs is 1. The minimum absolute atomic E-state index is 0.0257. The summed E-state index contributed by atoms with van der Waals surface area (Å²) in [6.45, 7) is 2.13. The molecule has 3 rings (SSSR count). The smallest absolute Gasteiger partial charge is 0.262 e. The van der Waals surface area contributed by atoms with Crippen molar-refractivity contribution in [2.45, 2.75) is 19.8 Å². The average Bonchev–Trinajstić information content (AvgIpc) is 2.87. The monoisotopic (exact) mass is 272 g/mol. The SMILES string of the molecule is CCCc1nccn1-c1cc2c(cc1N)OCC(=O)N2. The van der Waals surface area contributed by atoms with Crippen LogP contribution in [0.1, 0.15) is 19.2 Å².